The Kier molecular flexibility index (Phi) is 7.66. The van der Waals surface area contributed by atoms with Crippen molar-refractivity contribution in [3.63, 3.8) is 0 Å². The SMILES string of the molecule is COc1ccc(S(=O)(=O)N(C)C)cc1CCC(=O)N[C@@H](C)c1cc(C)c(C)cc1C. The number of amides is 1. The van der Waals surface area contributed by atoms with Crippen molar-refractivity contribution in [2.45, 2.75) is 51.5 Å². The lowest BCUT2D eigenvalue weighted by Crippen LogP contribution is -2.27. The molecule has 0 fully saturated rings. The molecule has 7 heteroatoms. The second kappa shape index (κ2) is 9.62. The van der Waals surface area contributed by atoms with E-state index in [1.165, 1.54) is 42.7 Å². The van der Waals surface area contributed by atoms with E-state index in [4.69, 9.17) is 4.74 Å². The number of ether oxygens (including phenoxy) is 1. The van der Waals surface area contributed by atoms with Gasteiger partial charge in [0.1, 0.15) is 5.75 Å². The number of rotatable bonds is 8. The second-order valence-electron chi connectivity index (χ2n) is 7.84. The molecule has 1 atom stereocenters. The van der Waals surface area contributed by atoms with Crippen LogP contribution in [0.25, 0.3) is 0 Å². The van der Waals surface area contributed by atoms with Gasteiger partial charge >= 0.3 is 0 Å². The lowest BCUT2D eigenvalue weighted by Gasteiger charge is -2.19. The third kappa shape index (κ3) is 5.40. The lowest BCUT2D eigenvalue weighted by molar-refractivity contribution is -0.121. The number of aryl methyl sites for hydroxylation is 4. The van der Waals surface area contributed by atoms with Crippen LogP contribution >= 0.6 is 0 Å². The first-order valence-electron chi connectivity index (χ1n) is 9.94. The van der Waals surface area contributed by atoms with Crippen molar-refractivity contribution in [3.8, 4) is 5.75 Å². The second-order valence-corrected chi connectivity index (χ2v) is 10.00. The van der Waals surface area contributed by atoms with Gasteiger partial charge in [-0.3, -0.25) is 4.79 Å². The van der Waals surface area contributed by atoms with Gasteiger partial charge in [-0.25, -0.2) is 12.7 Å². The van der Waals surface area contributed by atoms with Gasteiger partial charge in [0.2, 0.25) is 15.9 Å². The monoisotopic (exact) mass is 432 g/mol. The quantitative estimate of drug-likeness (QED) is 0.690. The molecule has 0 spiro atoms. The Labute approximate surface area is 180 Å². The molecule has 164 valence electrons. The largest absolute Gasteiger partial charge is 0.496 e. The van der Waals surface area contributed by atoms with Crippen LogP contribution in [0.4, 0.5) is 0 Å². The molecule has 0 saturated carbocycles. The number of sulfonamides is 1. The third-order valence-electron chi connectivity index (χ3n) is 5.38. The van der Waals surface area contributed by atoms with Crippen LogP contribution in [0.5, 0.6) is 5.75 Å². The predicted molar refractivity (Wildman–Crippen MR) is 119 cm³/mol. The van der Waals surface area contributed by atoms with Gasteiger partial charge in [0.15, 0.2) is 0 Å². The van der Waals surface area contributed by atoms with Crippen molar-refractivity contribution >= 4 is 15.9 Å². The fraction of sp³-hybridized carbons (Fsp3) is 0.435. The normalized spacial score (nSPS) is 12.7. The minimum absolute atomic E-state index is 0.0944. The molecule has 0 aromatic heterocycles. The summed E-state index contributed by atoms with van der Waals surface area (Å²) in [6.07, 6.45) is 0.612. The highest BCUT2D eigenvalue weighted by atomic mass is 32.2. The van der Waals surface area contributed by atoms with Crippen molar-refractivity contribution in [2.75, 3.05) is 21.2 Å². The summed E-state index contributed by atoms with van der Waals surface area (Å²) in [6.45, 7) is 8.16. The van der Waals surface area contributed by atoms with Crippen LogP contribution in [-0.2, 0) is 21.2 Å². The molecule has 0 unspecified atom stereocenters. The van der Waals surface area contributed by atoms with Gasteiger partial charge in [-0.15, -0.1) is 0 Å². The van der Waals surface area contributed by atoms with E-state index < -0.39 is 10.0 Å². The number of nitrogens with one attached hydrogen (secondary N) is 1. The molecule has 0 heterocycles. The summed E-state index contributed by atoms with van der Waals surface area (Å²) in [6, 6.07) is 8.87. The third-order valence-corrected chi connectivity index (χ3v) is 7.19. The number of hydrogen-bond donors (Lipinski definition) is 1. The maximum absolute atomic E-state index is 12.6. The van der Waals surface area contributed by atoms with Crippen LogP contribution in [0.2, 0.25) is 0 Å². The average Bonchev–Trinajstić information content (AvgIpc) is 2.68. The molecule has 0 saturated heterocycles. The van der Waals surface area contributed by atoms with E-state index in [2.05, 4.69) is 31.3 Å². The molecule has 30 heavy (non-hydrogen) atoms. The topological polar surface area (TPSA) is 75.7 Å². The van der Waals surface area contributed by atoms with Crippen molar-refractivity contribution in [1.82, 2.24) is 9.62 Å². The minimum Gasteiger partial charge on any atom is -0.496 e. The number of nitrogens with zero attached hydrogens (tertiary/aromatic N) is 1. The molecule has 0 aliphatic rings. The fourth-order valence-electron chi connectivity index (χ4n) is 3.41. The maximum Gasteiger partial charge on any atom is 0.242 e. The highest BCUT2D eigenvalue weighted by Crippen LogP contribution is 2.26. The number of carbonyl (C=O) groups is 1. The lowest BCUT2D eigenvalue weighted by atomic mass is 9.96. The van der Waals surface area contributed by atoms with E-state index in [9.17, 15) is 13.2 Å². The van der Waals surface area contributed by atoms with E-state index in [0.717, 1.165) is 11.1 Å². The number of carbonyl (C=O) groups excluding carboxylic acids is 1. The zero-order valence-electron chi connectivity index (χ0n) is 18.9. The molecular formula is C23H32N2O4S. The highest BCUT2D eigenvalue weighted by Gasteiger charge is 2.20. The zero-order valence-corrected chi connectivity index (χ0v) is 19.7. The van der Waals surface area contributed by atoms with Crippen molar-refractivity contribution in [2.24, 2.45) is 0 Å². The minimum atomic E-state index is -3.55. The highest BCUT2D eigenvalue weighted by molar-refractivity contribution is 7.89. The average molecular weight is 433 g/mol. The Morgan fingerprint density at radius 1 is 1.07 bits per heavy atom. The smallest absolute Gasteiger partial charge is 0.242 e. The van der Waals surface area contributed by atoms with E-state index in [1.807, 2.05) is 13.8 Å². The number of benzene rings is 2. The molecule has 6 nitrogen and oxygen atoms in total. The van der Waals surface area contributed by atoms with Gasteiger partial charge in [0, 0.05) is 20.5 Å². The summed E-state index contributed by atoms with van der Waals surface area (Å²) in [4.78, 5) is 12.8. The van der Waals surface area contributed by atoms with Crippen LogP contribution in [0, 0.1) is 20.8 Å². The van der Waals surface area contributed by atoms with Crippen LogP contribution < -0.4 is 10.1 Å². The van der Waals surface area contributed by atoms with Crippen LogP contribution in [0.1, 0.15) is 47.2 Å². The van der Waals surface area contributed by atoms with E-state index in [0.29, 0.717) is 17.7 Å². The Bertz CT molecular complexity index is 1030. The van der Waals surface area contributed by atoms with Gasteiger partial charge in [0.25, 0.3) is 0 Å². The molecule has 0 bridgehead atoms. The molecule has 2 aromatic carbocycles. The molecule has 0 aliphatic carbocycles. The fourth-order valence-corrected chi connectivity index (χ4v) is 4.36. The van der Waals surface area contributed by atoms with Gasteiger partial charge in [-0.05, 0) is 80.1 Å². The first kappa shape index (κ1) is 23.9. The number of methoxy groups -OCH3 is 1. The van der Waals surface area contributed by atoms with E-state index in [1.54, 1.807) is 12.1 Å². The predicted octanol–water partition coefficient (Wildman–Crippen LogP) is 3.68. The van der Waals surface area contributed by atoms with Crippen molar-refractivity contribution in [1.29, 1.82) is 0 Å². The Morgan fingerprint density at radius 2 is 1.70 bits per heavy atom. The van der Waals surface area contributed by atoms with E-state index >= 15 is 0 Å². The first-order chi connectivity index (χ1) is 14.0. The zero-order chi connectivity index (χ0) is 22.6. The maximum atomic E-state index is 12.6. The Hall–Kier alpha value is -2.38. The van der Waals surface area contributed by atoms with Crippen LogP contribution in [0.3, 0.4) is 0 Å². The van der Waals surface area contributed by atoms with Gasteiger partial charge in [0.05, 0.1) is 18.0 Å². The molecule has 0 radical (unpaired) electrons. The summed E-state index contributed by atoms with van der Waals surface area (Å²) < 4.78 is 31.3. The van der Waals surface area contributed by atoms with Gasteiger partial charge in [-0.2, -0.15) is 0 Å². The molecule has 1 N–H and O–H groups in total. The Balaban J connectivity index is 2.13. The van der Waals surface area contributed by atoms with E-state index in [-0.39, 0.29) is 23.3 Å². The summed E-state index contributed by atoms with van der Waals surface area (Å²) in [5.74, 6) is 0.474. The molecule has 1 amide bonds. The summed E-state index contributed by atoms with van der Waals surface area (Å²) in [5, 5.41) is 3.05. The van der Waals surface area contributed by atoms with Gasteiger partial charge < -0.3 is 10.1 Å². The molecule has 0 aliphatic heterocycles. The van der Waals surface area contributed by atoms with Crippen LogP contribution in [0.15, 0.2) is 35.2 Å². The standard InChI is InChI=1S/C23H32N2O4S/c1-15-12-17(3)21(13-16(15)2)18(4)24-23(26)11-8-19-14-20(9-10-22(19)29-7)30(27,28)25(5)6/h9-10,12-14,18H,8,11H2,1-7H3,(H,24,26)/t18-/m0/s1. The summed E-state index contributed by atoms with van der Waals surface area (Å²) in [5.41, 5.74) is 5.36. The summed E-state index contributed by atoms with van der Waals surface area (Å²) >= 11 is 0. The van der Waals surface area contributed by atoms with Crippen molar-refractivity contribution in [3.05, 3.63) is 58.1 Å². The first-order valence-corrected chi connectivity index (χ1v) is 11.4. The molecular weight excluding hydrogens is 400 g/mol. The van der Waals surface area contributed by atoms with Gasteiger partial charge in [-0.1, -0.05) is 12.1 Å². The number of hydrogen-bond acceptors (Lipinski definition) is 4. The summed E-state index contributed by atoms with van der Waals surface area (Å²) in [7, 11) is 0.956. The Morgan fingerprint density at radius 3 is 2.30 bits per heavy atom. The molecule has 2 rings (SSSR count). The molecule has 2 aromatic rings. The van der Waals surface area contributed by atoms with Crippen LogP contribution in [-0.4, -0.2) is 39.8 Å². The van der Waals surface area contributed by atoms with Crippen molar-refractivity contribution < 1.29 is 17.9 Å².